The first-order valence-corrected chi connectivity index (χ1v) is 7.54. The number of ether oxygens (including phenoxy) is 1. The highest BCUT2D eigenvalue weighted by molar-refractivity contribution is 6.14. The molecule has 3 rings (SSSR count). The third-order valence-corrected chi connectivity index (χ3v) is 3.92. The monoisotopic (exact) mass is 327 g/mol. The number of aromatic nitrogens is 1. The van der Waals surface area contributed by atoms with Gasteiger partial charge in [-0.3, -0.25) is 14.5 Å². The van der Waals surface area contributed by atoms with E-state index in [2.05, 4.69) is 5.32 Å². The molecule has 3 amide bonds. The zero-order valence-electron chi connectivity index (χ0n) is 13.4. The first-order valence-electron chi connectivity index (χ1n) is 7.54. The van der Waals surface area contributed by atoms with Gasteiger partial charge in [-0.2, -0.15) is 0 Å². The molecule has 0 saturated carbocycles. The second-order valence-electron chi connectivity index (χ2n) is 5.34. The molecule has 1 aromatic carbocycles. The third kappa shape index (κ3) is 2.64. The van der Waals surface area contributed by atoms with Crippen molar-refractivity contribution in [2.45, 2.75) is 13.5 Å². The minimum atomic E-state index is -0.424. The molecule has 0 unspecified atom stereocenters. The zero-order valence-corrected chi connectivity index (χ0v) is 13.4. The van der Waals surface area contributed by atoms with Gasteiger partial charge in [-0.05, 0) is 19.1 Å². The van der Waals surface area contributed by atoms with E-state index in [0.717, 1.165) is 21.4 Å². The molecule has 1 fully saturated rings. The van der Waals surface area contributed by atoms with Crippen molar-refractivity contribution in [3.8, 4) is 0 Å². The van der Waals surface area contributed by atoms with E-state index in [9.17, 15) is 14.4 Å². The molecule has 1 aliphatic heterocycles. The number of hydrogen-bond acceptors (Lipinski definition) is 4. The lowest BCUT2D eigenvalue weighted by Crippen LogP contribution is -2.30. The van der Waals surface area contributed by atoms with Crippen LogP contribution in [-0.2, 0) is 20.9 Å². The Kier molecular flexibility index (Phi) is 4.07. The molecule has 0 bridgehead atoms. The number of nitrogens with zero attached hydrogens (tertiary/aromatic N) is 2. The molecular weight excluding hydrogens is 310 g/mol. The lowest BCUT2D eigenvalue weighted by molar-refractivity contribution is -0.141. The topological polar surface area (TPSA) is 80.6 Å². The number of likely N-dealkylation sites (N-methyl/N-ethyl adjacent to an activating group) is 1. The molecule has 24 heavy (non-hydrogen) atoms. The minimum absolute atomic E-state index is 0.0710. The fourth-order valence-corrected chi connectivity index (χ4v) is 2.74. The van der Waals surface area contributed by atoms with Crippen molar-refractivity contribution in [2.75, 3.05) is 13.7 Å². The molecule has 2 aromatic rings. The van der Waals surface area contributed by atoms with Gasteiger partial charge in [0, 0.05) is 29.2 Å². The summed E-state index contributed by atoms with van der Waals surface area (Å²) in [5.41, 5.74) is 1.82. The number of para-hydroxylation sites is 1. The number of imide groups is 1. The van der Waals surface area contributed by atoms with Gasteiger partial charge in [0.25, 0.3) is 5.91 Å². The quantitative estimate of drug-likeness (QED) is 0.527. The molecule has 1 aliphatic rings. The summed E-state index contributed by atoms with van der Waals surface area (Å²) in [6.45, 7) is 2.12. The number of urea groups is 1. The van der Waals surface area contributed by atoms with Crippen LogP contribution >= 0.6 is 0 Å². The minimum Gasteiger partial charge on any atom is -0.468 e. The van der Waals surface area contributed by atoms with Crippen molar-refractivity contribution in [3.63, 3.8) is 0 Å². The van der Waals surface area contributed by atoms with E-state index < -0.39 is 6.03 Å². The van der Waals surface area contributed by atoms with Gasteiger partial charge in [0.1, 0.15) is 12.2 Å². The van der Waals surface area contributed by atoms with Crippen molar-refractivity contribution < 1.29 is 19.1 Å². The second-order valence-corrected chi connectivity index (χ2v) is 5.34. The average molecular weight is 327 g/mol. The maximum absolute atomic E-state index is 12.2. The highest BCUT2D eigenvalue weighted by Crippen LogP contribution is 2.24. The van der Waals surface area contributed by atoms with Gasteiger partial charge < -0.3 is 14.6 Å². The number of benzene rings is 1. The van der Waals surface area contributed by atoms with Crippen molar-refractivity contribution in [1.29, 1.82) is 0 Å². The van der Waals surface area contributed by atoms with E-state index in [1.54, 1.807) is 23.8 Å². The lowest BCUT2D eigenvalue weighted by atomic mass is 10.1. The van der Waals surface area contributed by atoms with Crippen LogP contribution in [0.4, 0.5) is 4.79 Å². The molecular formula is C17H17N3O4. The van der Waals surface area contributed by atoms with Crippen molar-refractivity contribution in [1.82, 2.24) is 14.8 Å². The highest BCUT2D eigenvalue weighted by Gasteiger charge is 2.32. The Labute approximate surface area is 138 Å². The summed E-state index contributed by atoms with van der Waals surface area (Å²) in [6.07, 6.45) is 3.40. The zero-order chi connectivity index (χ0) is 17.3. The lowest BCUT2D eigenvalue weighted by Gasteiger charge is -2.05. The van der Waals surface area contributed by atoms with Crippen LogP contribution in [0, 0.1) is 0 Å². The summed E-state index contributed by atoms with van der Waals surface area (Å²) in [4.78, 5) is 36.7. The van der Waals surface area contributed by atoms with Crippen LogP contribution in [0.15, 0.2) is 36.2 Å². The van der Waals surface area contributed by atoms with Gasteiger partial charge in [-0.15, -0.1) is 0 Å². The molecule has 0 spiro atoms. The Morgan fingerprint density at radius 3 is 2.71 bits per heavy atom. The van der Waals surface area contributed by atoms with E-state index in [0.29, 0.717) is 6.54 Å². The summed E-state index contributed by atoms with van der Waals surface area (Å²) >= 11 is 0. The Balaban J connectivity index is 2.04. The van der Waals surface area contributed by atoms with Crippen LogP contribution in [0.5, 0.6) is 0 Å². The molecule has 2 heterocycles. The van der Waals surface area contributed by atoms with Crippen LogP contribution in [0.25, 0.3) is 17.0 Å². The first-order chi connectivity index (χ1) is 11.5. The Hall–Kier alpha value is -3.09. The fourth-order valence-electron chi connectivity index (χ4n) is 2.74. The molecule has 7 nitrogen and oxygen atoms in total. The van der Waals surface area contributed by atoms with E-state index >= 15 is 0 Å². The molecule has 0 aliphatic carbocycles. The first kappa shape index (κ1) is 15.8. The van der Waals surface area contributed by atoms with Crippen molar-refractivity contribution >= 4 is 34.9 Å². The van der Waals surface area contributed by atoms with Gasteiger partial charge in [0.2, 0.25) is 0 Å². The van der Waals surface area contributed by atoms with Gasteiger partial charge in [-0.1, -0.05) is 18.2 Å². The summed E-state index contributed by atoms with van der Waals surface area (Å²) in [6, 6.07) is 7.10. The molecule has 0 atom stereocenters. The van der Waals surface area contributed by atoms with E-state index in [1.807, 2.05) is 24.3 Å². The van der Waals surface area contributed by atoms with Gasteiger partial charge in [0.15, 0.2) is 0 Å². The van der Waals surface area contributed by atoms with E-state index in [4.69, 9.17) is 4.74 Å². The maximum Gasteiger partial charge on any atom is 0.328 e. The molecule has 124 valence electrons. The number of methoxy groups -OCH3 is 1. The highest BCUT2D eigenvalue weighted by atomic mass is 16.5. The number of rotatable bonds is 4. The molecule has 0 radical (unpaired) electrons. The van der Waals surface area contributed by atoms with Gasteiger partial charge in [0.05, 0.1) is 7.11 Å². The van der Waals surface area contributed by atoms with E-state index in [-0.39, 0.29) is 24.1 Å². The SMILES string of the molecule is CCN1C(=O)NC(=Cc2cn(CC(=O)OC)c3ccccc23)C1=O. The molecule has 7 heteroatoms. The normalized spacial score (nSPS) is 16.1. The average Bonchev–Trinajstić information content (AvgIpc) is 3.05. The summed E-state index contributed by atoms with van der Waals surface area (Å²) < 4.78 is 6.47. The number of carbonyl (C=O) groups excluding carboxylic acids is 3. The summed E-state index contributed by atoms with van der Waals surface area (Å²) in [5.74, 6) is -0.718. The number of carbonyl (C=O) groups is 3. The van der Waals surface area contributed by atoms with Crippen molar-refractivity contribution in [3.05, 3.63) is 41.7 Å². The smallest absolute Gasteiger partial charge is 0.328 e. The van der Waals surface area contributed by atoms with Crippen LogP contribution in [0.2, 0.25) is 0 Å². The number of amides is 3. The Morgan fingerprint density at radius 2 is 2.04 bits per heavy atom. The molecule has 1 aromatic heterocycles. The van der Waals surface area contributed by atoms with Crippen LogP contribution in [0.3, 0.4) is 0 Å². The number of fused-ring (bicyclic) bond motifs is 1. The van der Waals surface area contributed by atoms with Gasteiger partial charge >= 0.3 is 12.0 Å². The Bertz CT molecular complexity index is 866. The van der Waals surface area contributed by atoms with Gasteiger partial charge in [-0.25, -0.2) is 4.79 Å². The number of hydrogen-bond donors (Lipinski definition) is 1. The van der Waals surface area contributed by atoms with Crippen LogP contribution in [0.1, 0.15) is 12.5 Å². The summed E-state index contributed by atoms with van der Waals surface area (Å²) in [7, 11) is 1.34. The predicted molar refractivity (Wildman–Crippen MR) is 87.8 cm³/mol. The number of nitrogens with one attached hydrogen (secondary N) is 1. The van der Waals surface area contributed by atoms with Crippen LogP contribution in [-0.4, -0.2) is 41.0 Å². The fraction of sp³-hybridized carbons (Fsp3) is 0.235. The van der Waals surface area contributed by atoms with Crippen LogP contribution < -0.4 is 5.32 Å². The number of esters is 1. The van der Waals surface area contributed by atoms with Crippen molar-refractivity contribution in [2.24, 2.45) is 0 Å². The second kappa shape index (κ2) is 6.19. The maximum atomic E-state index is 12.2. The summed E-state index contributed by atoms with van der Waals surface area (Å²) in [5, 5.41) is 3.46. The van der Waals surface area contributed by atoms with E-state index in [1.165, 1.54) is 7.11 Å². The Morgan fingerprint density at radius 1 is 1.29 bits per heavy atom. The largest absolute Gasteiger partial charge is 0.468 e. The molecule has 1 N–H and O–H groups in total. The third-order valence-electron chi connectivity index (χ3n) is 3.92. The predicted octanol–water partition coefficient (Wildman–Crippen LogP) is 1.73. The standard InChI is InChI=1S/C17H17N3O4/c1-3-20-16(22)13(18-17(20)23)8-11-9-19(10-15(21)24-2)14-7-5-4-6-12(11)14/h4-9H,3,10H2,1-2H3,(H,18,23). The molecule has 1 saturated heterocycles.